The molecule has 3 fully saturated rings. The van der Waals surface area contributed by atoms with Crippen molar-refractivity contribution in [3.8, 4) is 0 Å². The van der Waals surface area contributed by atoms with E-state index in [0.717, 1.165) is 17.8 Å². The van der Waals surface area contributed by atoms with Gasteiger partial charge in [-0.3, -0.25) is 0 Å². The minimum atomic E-state index is -1.47. The van der Waals surface area contributed by atoms with Crippen LogP contribution < -0.4 is 0 Å². The Morgan fingerprint density at radius 3 is 2.57 bits per heavy atom. The van der Waals surface area contributed by atoms with Crippen LogP contribution in [0.1, 0.15) is 71.1 Å². The molecule has 4 rings (SSSR count). The van der Waals surface area contributed by atoms with Gasteiger partial charge in [0.1, 0.15) is 0 Å². The molecule has 0 N–H and O–H groups in total. The highest BCUT2D eigenvalue weighted by Gasteiger charge is 2.53. The van der Waals surface area contributed by atoms with Gasteiger partial charge in [-0.25, -0.2) is 0 Å². The number of hydrogen-bond acceptors (Lipinski definition) is 1. The van der Waals surface area contributed by atoms with E-state index in [9.17, 15) is 0 Å². The van der Waals surface area contributed by atoms with Crippen molar-refractivity contribution in [3.05, 3.63) is 11.1 Å². The molecule has 2 heteroatoms. The Morgan fingerprint density at radius 2 is 1.78 bits per heavy atom. The predicted molar refractivity (Wildman–Crippen MR) is 100.0 cm³/mol. The molecule has 0 aromatic heterocycles. The summed E-state index contributed by atoms with van der Waals surface area (Å²) in [7, 11) is -1.47. The summed E-state index contributed by atoms with van der Waals surface area (Å²) in [5.74, 6) is 2.58. The van der Waals surface area contributed by atoms with E-state index in [4.69, 9.17) is 4.43 Å². The fourth-order valence-electron chi connectivity index (χ4n) is 6.64. The summed E-state index contributed by atoms with van der Waals surface area (Å²) in [5.41, 5.74) is 4.45. The van der Waals surface area contributed by atoms with E-state index in [1.165, 1.54) is 64.2 Å². The molecule has 3 saturated carbocycles. The van der Waals surface area contributed by atoms with Crippen molar-refractivity contribution in [2.45, 2.75) is 96.9 Å². The zero-order valence-corrected chi connectivity index (χ0v) is 16.8. The Kier molecular flexibility index (Phi) is 4.08. The lowest BCUT2D eigenvalue weighted by molar-refractivity contribution is 0.0134. The molecule has 23 heavy (non-hydrogen) atoms. The zero-order chi connectivity index (χ0) is 16.2. The van der Waals surface area contributed by atoms with Crippen molar-refractivity contribution in [1.29, 1.82) is 0 Å². The lowest BCUT2D eigenvalue weighted by Crippen LogP contribution is -2.48. The predicted octanol–water partition coefficient (Wildman–Crippen LogP) is 6.31. The van der Waals surface area contributed by atoms with Gasteiger partial charge in [-0.2, -0.15) is 0 Å². The Balaban J connectivity index is 1.72. The minimum Gasteiger partial charge on any atom is -0.414 e. The summed E-state index contributed by atoms with van der Waals surface area (Å²) in [4.78, 5) is 0. The molecule has 130 valence electrons. The molecule has 1 nitrogen and oxygen atoms in total. The van der Waals surface area contributed by atoms with Gasteiger partial charge in [-0.05, 0) is 88.3 Å². The number of allylic oxidation sites excluding steroid dienone is 1. The third kappa shape index (κ3) is 2.88. The van der Waals surface area contributed by atoms with Gasteiger partial charge >= 0.3 is 0 Å². The molecule has 0 amide bonds. The van der Waals surface area contributed by atoms with Crippen LogP contribution in [0.3, 0.4) is 0 Å². The van der Waals surface area contributed by atoms with Crippen molar-refractivity contribution in [2.24, 2.45) is 23.2 Å². The fourth-order valence-corrected chi connectivity index (χ4v) is 7.79. The molecule has 1 unspecified atom stereocenters. The highest BCUT2D eigenvalue weighted by atomic mass is 28.4. The topological polar surface area (TPSA) is 9.23 Å². The smallest absolute Gasteiger partial charge is 0.184 e. The van der Waals surface area contributed by atoms with Crippen LogP contribution in [0.25, 0.3) is 0 Å². The summed E-state index contributed by atoms with van der Waals surface area (Å²) in [6, 6.07) is 0. The Labute approximate surface area is 144 Å². The average Bonchev–Trinajstić information content (AvgIpc) is 2.87. The third-order valence-corrected chi connectivity index (χ3v) is 8.55. The second kappa shape index (κ2) is 5.73. The van der Waals surface area contributed by atoms with E-state index < -0.39 is 8.32 Å². The van der Waals surface area contributed by atoms with Crippen molar-refractivity contribution in [1.82, 2.24) is 0 Å². The van der Waals surface area contributed by atoms with Gasteiger partial charge in [0.2, 0.25) is 0 Å². The van der Waals surface area contributed by atoms with E-state index in [1.54, 1.807) is 0 Å². The number of rotatable bonds is 2. The van der Waals surface area contributed by atoms with Gasteiger partial charge in [0.05, 0.1) is 6.10 Å². The first-order chi connectivity index (χ1) is 10.9. The molecule has 0 aromatic rings. The molecule has 0 aromatic carbocycles. The molecule has 0 saturated heterocycles. The maximum Gasteiger partial charge on any atom is 0.184 e. The van der Waals surface area contributed by atoms with Gasteiger partial charge in [0, 0.05) is 5.92 Å². The van der Waals surface area contributed by atoms with E-state index in [2.05, 4.69) is 26.6 Å². The van der Waals surface area contributed by atoms with Crippen LogP contribution >= 0.6 is 0 Å². The second-order valence-corrected chi connectivity index (χ2v) is 14.6. The molecular weight excluding hydrogens is 296 g/mol. The molecule has 4 aliphatic rings. The quantitative estimate of drug-likeness (QED) is 0.425. The van der Waals surface area contributed by atoms with Crippen LogP contribution in [0, 0.1) is 23.2 Å². The first kappa shape index (κ1) is 16.4. The summed E-state index contributed by atoms with van der Waals surface area (Å²) < 4.78 is 6.86. The summed E-state index contributed by atoms with van der Waals surface area (Å²) >= 11 is 0. The first-order valence-corrected chi connectivity index (χ1v) is 13.7. The average molecular weight is 333 g/mol. The largest absolute Gasteiger partial charge is 0.414 e. The molecule has 0 heterocycles. The normalized spacial score (nSPS) is 43.8. The summed E-state index contributed by atoms with van der Waals surface area (Å²) in [6.45, 7) is 9.78. The molecule has 5 atom stereocenters. The van der Waals surface area contributed by atoms with Crippen molar-refractivity contribution < 1.29 is 4.43 Å². The third-order valence-electron chi connectivity index (χ3n) is 7.54. The molecule has 0 spiro atoms. The van der Waals surface area contributed by atoms with Gasteiger partial charge in [-0.1, -0.05) is 30.9 Å². The maximum atomic E-state index is 6.86. The van der Waals surface area contributed by atoms with Gasteiger partial charge < -0.3 is 4.43 Å². The monoisotopic (exact) mass is 332 g/mol. The highest BCUT2D eigenvalue weighted by molar-refractivity contribution is 6.69. The lowest BCUT2D eigenvalue weighted by atomic mass is 9.56. The van der Waals surface area contributed by atoms with Crippen LogP contribution in [-0.2, 0) is 4.43 Å². The summed E-state index contributed by atoms with van der Waals surface area (Å²) in [6.07, 6.45) is 14.9. The van der Waals surface area contributed by atoms with Crippen LogP contribution in [0.15, 0.2) is 11.1 Å². The highest BCUT2D eigenvalue weighted by Crippen LogP contribution is 2.61. The Hall–Kier alpha value is -0.0831. The lowest BCUT2D eigenvalue weighted by Gasteiger charge is -2.53. The molecule has 0 bridgehead atoms. The summed E-state index contributed by atoms with van der Waals surface area (Å²) in [5, 5.41) is 0. The van der Waals surface area contributed by atoms with Crippen LogP contribution in [-0.4, -0.2) is 14.4 Å². The molecule has 0 aliphatic heterocycles. The Morgan fingerprint density at radius 1 is 0.957 bits per heavy atom. The standard InChI is InChI=1S/C21H36OSi/c1-21-12-7-10-18(21)20-17(11-13-21)16-9-6-5-8-15(16)14-19(20)22-23(2,3)4/h15,18-20H,5-14H2,1-4H3/t15?,18-,19+,20+,21-/m0/s1. The first-order valence-electron chi connectivity index (χ1n) is 10.3. The van der Waals surface area contributed by atoms with E-state index >= 15 is 0 Å². The molecule has 4 aliphatic carbocycles. The van der Waals surface area contributed by atoms with Crippen LogP contribution in [0.2, 0.25) is 19.6 Å². The van der Waals surface area contributed by atoms with Crippen molar-refractivity contribution in [3.63, 3.8) is 0 Å². The number of hydrogen-bond donors (Lipinski definition) is 0. The van der Waals surface area contributed by atoms with Crippen molar-refractivity contribution in [2.75, 3.05) is 0 Å². The van der Waals surface area contributed by atoms with Gasteiger partial charge in [-0.15, -0.1) is 0 Å². The minimum absolute atomic E-state index is 0.547. The molecular formula is C21H36OSi. The SMILES string of the molecule is C[C@@]12CCC[C@H]1[C@H]1C(=C3CCCCC3C[C@H]1O[Si](C)(C)C)CC2. The van der Waals surface area contributed by atoms with E-state index in [0.29, 0.717) is 11.5 Å². The molecule has 0 radical (unpaired) electrons. The van der Waals surface area contributed by atoms with Gasteiger partial charge in [0.25, 0.3) is 0 Å². The van der Waals surface area contributed by atoms with Gasteiger partial charge in [0.15, 0.2) is 8.32 Å². The van der Waals surface area contributed by atoms with Crippen LogP contribution in [0.5, 0.6) is 0 Å². The van der Waals surface area contributed by atoms with E-state index in [-0.39, 0.29) is 0 Å². The van der Waals surface area contributed by atoms with Crippen molar-refractivity contribution >= 4 is 8.32 Å². The second-order valence-electron chi connectivity index (χ2n) is 10.2. The fraction of sp³-hybridized carbons (Fsp3) is 0.905. The Bertz CT molecular complexity index is 502. The zero-order valence-electron chi connectivity index (χ0n) is 15.8. The van der Waals surface area contributed by atoms with Crippen LogP contribution in [0.4, 0.5) is 0 Å². The van der Waals surface area contributed by atoms with E-state index in [1.807, 2.05) is 11.1 Å². The number of fused-ring (bicyclic) bond motifs is 4. The maximum absolute atomic E-state index is 6.86.